The Kier molecular flexibility index (Phi) is 4.63. The molecule has 0 aromatic heterocycles. The van der Waals surface area contributed by atoms with E-state index >= 15 is 0 Å². The molecule has 2 aromatic carbocycles. The second kappa shape index (κ2) is 6.44. The van der Waals surface area contributed by atoms with Crippen LogP contribution in [0.2, 0.25) is 0 Å². The van der Waals surface area contributed by atoms with Crippen LogP contribution in [0.15, 0.2) is 36.4 Å². The topological polar surface area (TPSA) is 49.3 Å². The van der Waals surface area contributed by atoms with Crippen LogP contribution in [0.25, 0.3) is 0 Å². The maximum Gasteiger partial charge on any atom is 0.256 e. The lowest BCUT2D eigenvalue weighted by molar-refractivity contribution is 0.102. The van der Waals surface area contributed by atoms with Gasteiger partial charge in [0.25, 0.3) is 5.91 Å². The van der Waals surface area contributed by atoms with Gasteiger partial charge in [-0.15, -0.1) is 0 Å². The van der Waals surface area contributed by atoms with Crippen molar-refractivity contribution in [3.63, 3.8) is 0 Å². The zero-order chi connectivity index (χ0) is 15.4. The van der Waals surface area contributed by atoms with Gasteiger partial charge in [0.1, 0.15) is 5.75 Å². The van der Waals surface area contributed by atoms with Gasteiger partial charge in [-0.1, -0.05) is 38.1 Å². The van der Waals surface area contributed by atoms with Gasteiger partial charge in [0.2, 0.25) is 0 Å². The lowest BCUT2D eigenvalue weighted by atomic mass is 10.0. The molecule has 0 saturated carbocycles. The molecule has 0 fully saturated rings. The Hall–Kier alpha value is -2.29. The van der Waals surface area contributed by atoms with E-state index in [0.717, 1.165) is 29.7 Å². The number of aryl methyl sites for hydroxylation is 2. The van der Waals surface area contributed by atoms with E-state index in [1.807, 2.05) is 18.2 Å². The van der Waals surface area contributed by atoms with Gasteiger partial charge in [0, 0.05) is 16.8 Å². The standard InChI is InChI=1S/C18H21NO2/c1-4-13-8-6-9-14(5-2)17(13)19-18(21)15-10-7-11-16(20)12(15)3/h6-11,20H,4-5H2,1-3H3,(H,19,21). The van der Waals surface area contributed by atoms with Crippen molar-refractivity contribution in [3.8, 4) is 5.75 Å². The fraction of sp³-hybridized carbons (Fsp3) is 0.278. The maximum atomic E-state index is 12.5. The summed E-state index contributed by atoms with van der Waals surface area (Å²) in [6.07, 6.45) is 1.73. The molecule has 2 rings (SSSR count). The number of aromatic hydroxyl groups is 1. The minimum atomic E-state index is -0.181. The van der Waals surface area contributed by atoms with Gasteiger partial charge in [0.05, 0.1) is 0 Å². The number of hydrogen-bond acceptors (Lipinski definition) is 2. The number of hydrogen-bond donors (Lipinski definition) is 2. The van der Waals surface area contributed by atoms with E-state index < -0.39 is 0 Å². The summed E-state index contributed by atoms with van der Waals surface area (Å²) >= 11 is 0. The van der Waals surface area contributed by atoms with Crippen LogP contribution in [0.3, 0.4) is 0 Å². The molecule has 2 aromatic rings. The number of para-hydroxylation sites is 1. The van der Waals surface area contributed by atoms with Gasteiger partial charge >= 0.3 is 0 Å². The van der Waals surface area contributed by atoms with Crippen LogP contribution in [0, 0.1) is 6.92 Å². The third kappa shape index (κ3) is 3.07. The first-order chi connectivity index (χ1) is 10.1. The SMILES string of the molecule is CCc1cccc(CC)c1NC(=O)c1cccc(O)c1C. The quantitative estimate of drug-likeness (QED) is 0.888. The summed E-state index contributed by atoms with van der Waals surface area (Å²) in [7, 11) is 0. The summed E-state index contributed by atoms with van der Waals surface area (Å²) in [5.41, 5.74) is 4.25. The summed E-state index contributed by atoms with van der Waals surface area (Å²) in [6, 6.07) is 11.1. The average Bonchev–Trinajstić information content (AvgIpc) is 2.50. The molecule has 0 saturated heterocycles. The van der Waals surface area contributed by atoms with Crippen LogP contribution in [-0.4, -0.2) is 11.0 Å². The summed E-state index contributed by atoms with van der Waals surface area (Å²) in [5, 5.41) is 12.8. The smallest absolute Gasteiger partial charge is 0.256 e. The van der Waals surface area contributed by atoms with Gasteiger partial charge in [-0.3, -0.25) is 4.79 Å². The third-order valence-electron chi connectivity index (χ3n) is 3.79. The van der Waals surface area contributed by atoms with Crippen molar-refractivity contribution < 1.29 is 9.90 Å². The Bertz CT molecular complexity index is 640. The number of nitrogens with one attached hydrogen (secondary N) is 1. The molecule has 0 aliphatic rings. The Morgan fingerprint density at radius 2 is 1.62 bits per heavy atom. The number of carbonyl (C=O) groups excluding carboxylic acids is 1. The molecule has 0 bridgehead atoms. The lowest BCUT2D eigenvalue weighted by Crippen LogP contribution is -2.16. The van der Waals surface area contributed by atoms with Crippen LogP contribution in [0.5, 0.6) is 5.75 Å². The highest BCUT2D eigenvalue weighted by atomic mass is 16.3. The number of carbonyl (C=O) groups is 1. The Balaban J connectivity index is 2.38. The molecular formula is C18H21NO2. The number of phenolic OH excluding ortho intramolecular Hbond substituents is 1. The van der Waals surface area contributed by atoms with Crippen molar-refractivity contribution >= 4 is 11.6 Å². The van der Waals surface area contributed by atoms with E-state index in [2.05, 4.69) is 19.2 Å². The highest BCUT2D eigenvalue weighted by molar-refractivity contribution is 6.06. The minimum Gasteiger partial charge on any atom is -0.508 e. The first-order valence-corrected chi connectivity index (χ1v) is 7.29. The van der Waals surface area contributed by atoms with Gasteiger partial charge < -0.3 is 10.4 Å². The van der Waals surface area contributed by atoms with Crippen molar-refractivity contribution in [2.45, 2.75) is 33.6 Å². The van der Waals surface area contributed by atoms with Crippen LogP contribution >= 0.6 is 0 Å². The van der Waals surface area contributed by atoms with E-state index in [0.29, 0.717) is 11.1 Å². The molecule has 0 spiro atoms. The molecular weight excluding hydrogens is 262 g/mol. The number of anilines is 1. The first kappa shape index (κ1) is 15.1. The van der Waals surface area contributed by atoms with E-state index in [-0.39, 0.29) is 11.7 Å². The van der Waals surface area contributed by atoms with Gasteiger partial charge in [-0.25, -0.2) is 0 Å². The van der Waals surface area contributed by atoms with Crippen LogP contribution < -0.4 is 5.32 Å². The van der Waals surface area contributed by atoms with Crippen molar-refractivity contribution in [3.05, 3.63) is 58.7 Å². The van der Waals surface area contributed by atoms with E-state index in [1.165, 1.54) is 0 Å². The van der Waals surface area contributed by atoms with Crippen molar-refractivity contribution in [1.82, 2.24) is 0 Å². The van der Waals surface area contributed by atoms with E-state index in [4.69, 9.17) is 0 Å². The Labute approximate surface area is 125 Å². The van der Waals surface area contributed by atoms with Crippen molar-refractivity contribution in [2.75, 3.05) is 5.32 Å². The zero-order valence-electron chi connectivity index (χ0n) is 12.7. The van der Waals surface area contributed by atoms with E-state index in [1.54, 1.807) is 25.1 Å². The number of rotatable bonds is 4. The molecule has 21 heavy (non-hydrogen) atoms. The number of phenols is 1. The average molecular weight is 283 g/mol. The molecule has 0 atom stereocenters. The van der Waals surface area contributed by atoms with Crippen LogP contribution in [0.4, 0.5) is 5.69 Å². The monoisotopic (exact) mass is 283 g/mol. The summed E-state index contributed by atoms with van der Waals surface area (Å²) in [6.45, 7) is 5.89. The molecule has 0 radical (unpaired) electrons. The van der Waals surface area contributed by atoms with Crippen molar-refractivity contribution in [2.24, 2.45) is 0 Å². The Morgan fingerprint density at radius 1 is 1.05 bits per heavy atom. The number of benzene rings is 2. The predicted octanol–water partition coefficient (Wildman–Crippen LogP) is 4.08. The molecule has 3 heteroatoms. The molecule has 0 aliphatic heterocycles. The summed E-state index contributed by atoms with van der Waals surface area (Å²) < 4.78 is 0. The van der Waals surface area contributed by atoms with Crippen molar-refractivity contribution in [1.29, 1.82) is 0 Å². The molecule has 3 nitrogen and oxygen atoms in total. The largest absolute Gasteiger partial charge is 0.508 e. The zero-order valence-corrected chi connectivity index (χ0v) is 12.7. The van der Waals surface area contributed by atoms with E-state index in [9.17, 15) is 9.90 Å². The Morgan fingerprint density at radius 3 is 2.19 bits per heavy atom. The fourth-order valence-corrected chi connectivity index (χ4v) is 2.45. The molecule has 1 amide bonds. The predicted molar refractivity (Wildman–Crippen MR) is 86.0 cm³/mol. The maximum absolute atomic E-state index is 12.5. The van der Waals surface area contributed by atoms with Crippen LogP contribution in [0.1, 0.15) is 40.9 Å². The van der Waals surface area contributed by atoms with Gasteiger partial charge in [-0.2, -0.15) is 0 Å². The highest BCUT2D eigenvalue weighted by Crippen LogP contribution is 2.25. The fourth-order valence-electron chi connectivity index (χ4n) is 2.45. The summed E-state index contributed by atoms with van der Waals surface area (Å²) in [5.74, 6) is -0.0406. The molecule has 110 valence electrons. The first-order valence-electron chi connectivity index (χ1n) is 7.29. The van der Waals surface area contributed by atoms with Gasteiger partial charge in [0.15, 0.2) is 0 Å². The lowest BCUT2D eigenvalue weighted by Gasteiger charge is -2.15. The second-order valence-electron chi connectivity index (χ2n) is 5.06. The molecule has 0 aliphatic carbocycles. The second-order valence-corrected chi connectivity index (χ2v) is 5.06. The highest BCUT2D eigenvalue weighted by Gasteiger charge is 2.14. The molecule has 0 heterocycles. The number of amides is 1. The van der Waals surface area contributed by atoms with Gasteiger partial charge in [-0.05, 0) is 43.0 Å². The molecule has 2 N–H and O–H groups in total. The third-order valence-corrected chi connectivity index (χ3v) is 3.79. The van der Waals surface area contributed by atoms with Crippen LogP contribution in [-0.2, 0) is 12.8 Å². The molecule has 0 unspecified atom stereocenters. The normalized spacial score (nSPS) is 10.4. The minimum absolute atomic E-state index is 0.141. The summed E-state index contributed by atoms with van der Waals surface area (Å²) in [4.78, 5) is 12.5.